The van der Waals surface area contributed by atoms with E-state index >= 15 is 0 Å². The van der Waals surface area contributed by atoms with Crippen LogP contribution in [-0.4, -0.2) is 15.2 Å². The molecule has 19 heavy (non-hydrogen) atoms. The van der Waals surface area contributed by atoms with E-state index < -0.39 is 11.4 Å². The molecular formula is C14H21BrClNOS. The van der Waals surface area contributed by atoms with E-state index in [1.54, 1.807) is 0 Å². The molecule has 0 bridgehead atoms. The Morgan fingerprint density at radius 2 is 1.89 bits per heavy atom. The Morgan fingerprint density at radius 3 is 2.37 bits per heavy atom. The van der Waals surface area contributed by atoms with Crippen LogP contribution in [-0.2, 0) is 11.4 Å². The minimum absolute atomic E-state index is 0.0758. The van der Waals surface area contributed by atoms with Gasteiger partial charge in [-0.1, -0.05) is 28.1 Å². The van der Waals surface area contributed by atoms with Gasteiger partial charge in [0.15, 0.2) is 0 Å². The van der Waals surface area contributed by atoms with Crippen LogP contribution in [0.3, 0.4) is 0 Å². The first-order valence-corrected chi connectivity index (χ1v) is 8.82. The smallest absolute Gasteiger partial charge is 0.136 e. The Bertz CT molecular complexity index is 380. The van der Waals surface area contributed by atoms with E-state index in [1.165, 1.54) is 0 Å². The molecule has 0 saturated carbocycles. The van der Waals surface area contributed by atoms with Crippen molar-refractivity contribution in [1.82, 2.24) is 4.72 Å². The van der Waals surface area contributed by atoms with Crippen molar-refractivity contribution in [3.8, 4) is 0 Å². The van der Waals surface area contributed by atoms with Gasteiger partial charge in [-0.2, -0.15) is 0 Å². The zero-order valence-corrected chi connectivity index (χ0v) is 14.7. The van der Waals surface area contributed by atoms with Gasteiger partial charge in [0.05, 0.1) is 6.04 Å². The fourth-order valence-electron chi connectivity index (χ4n) is 1.58. The van der Waals surface area contributed by atoms with Crippen LogP contribution in [0.15, 0.2) is 28.7 Å². The molecule has 0 saturated heterocycles. The number of halogens is 2. The highest BCUT2D eigenvalue weighted by Gasteiger charge is 2.29. The molecule has 0 aromatic heterocycles. The van der Waals surface area contributed by atoms with E-state index in [1.807, 2.05) is 32.9 Å². The lowest BCUT2D eigenvalue weighted by Gasteiger charge is -2.28. The van der Waals surface area contributed by atoms with Gasteiger partial charge in [0.1, 0.15) is 4.75 Å². The molecule has 0 unspecified atom stereocenters. The minimum atomic E-state index is -1.08. The molecular weight excluding hydrogens is 346 g/mol. The first-order valence-electron chi connectivity index (χ1n) is 6.34. The molecule has 108 valence electrons. The summed E-state index contributed by atoms with van der Waals surface area (Å²) >= 11 is 8.12. The van der Waals surface area contributed by atoms with Gasteiger partial charge in [0.2, 0.25) is 0 Å². The van der Waals surface area contributed by atoms with Crippen molar-refractivity contribution in [3.63, 3.8) is 0 Å². The summed E-state index contributed by atoms with van der Waals surface area (Å²) < 4.78 is 16.2. The second-order valence-corrected chi connectivity index (χ2v) is 8.73. The van der Waals surface area contributed by atoms with Gasteiger partial charge < -0.3 is 4.55 Å². The van der Waals surface area contributed by atoms with Gasteiger partial charge >= 0.3 is 0 Å². The summed E-state index contributed by atoms with van der Waals surface area (Å²) in [5.41, 5.74) is 1.14. The zero-order chi connectivity index (χ0) is 14.5. The zero-order valence-electron chi connectivity index (χ0n) is 11.6. The third-order valence-electron chi connectivity index (χ3n) is 2.70. The van der Waals surface area contributed by atoms with Crippen LogP contribution in [0.2, 0.25) is 0 Å². The van der Waals surface area contributed by atoms with Gasteiger partial charge in [-0.15, -0.1) is 16.3 Å². The van der Waals surface area contributed by atoms with Crippen LogP contribution in [0.25, 0.3) is 0 Å². The summed E-state index contributed by atoms with van der Waals surface area (Å²) in [4.78, 5) is 0. The minimum Gasteiger partial charge on any atom is -0.598 e. The quantitative estimate of drug-likeness (QED) is 0.591. The van der Waals surface area contributed by atoms with Crippen molar-refractivity contribution < 1.29 is 4.55 Å². The molecule has 1 aromatic carbocycles. The van der Waals surface area contributed by atoms with Crippen molar-refractivity contribution in [2.45, 2.75) is 44.4 Å². The second-order valence-electron chi connectivity index (χ2n) is 5.43. The molecule has 1 N–H and O–H groups in total. The van der Waals surface area contributed by atoms with Crippen LogP contribution in [0.1, 0.15) is 45.2 Å². The van der Waals surface area contributed by atoms with Crippen LogP contribution >= 0.6 is 27.5 Å². The summed E-state index contributed by atoms with van der Waals surface area (Å²) in [7, 11) is 0. The molecule has 5 heteroatoms. The highest BCUT2D eigenvalue weighted by Crippen LogP contribution is 2.25. The topological polar surface area (TPSA) is 35.1 Å². The molecule has 0 aliphatic carbocycles. The Kier molecular flexibility index (Phi) is 7.19. The number of hydrogen-bond acceptors (Lipinski definition) is 2. The molecule has 0 aliphatic heterocycles. The van der Waals surface area contributed by atoms with E-state index in [-0.39, 0.29) is 10.8 Å². The van der Waals surface area contributed by atoms with Crippen LogP contribution in [0.4, 0.5) is 0 Å². The standard InChI is InChI=1S/C14H21BrClNOS/c1-14(2,3)19(18)17-13(5-4-10-16)11-6-8-12(15)9-7-11/h6-9,13,17H,4-5,10H2,1-3H3/t13-,19+/m1/s1. The van der Waals surface area contributed by atoms with Gasteiger partial charge in [-0.25, -0.2) is 0 Å². The fourth-order valence-corrected chi connectivity index (χ4v) is 2.86. The first kappa shape index (κ1) is 17.3. The van der Waals surface area contributed by atoms with Crippen molar-refractivity contribution >= 4 is 38.9 Å². The maximum absolute atomic E-state index is 12.2. The first-order chi connectivity index (χ1) is 8.84. The molecule has 0 aliphatic rings. The van der Waals surface area contributed by atoms with Crippen LogP contribution in [0.5, 0.6) is 0 Å². The number of hydrogen-bond donors (Lipinski definition) is 1. The highest BCUT2D eigenvalue weighted by molar-refractivity contribution is 9.10. The molecule has 1 rings (SSSR count). The van der Waals surface area contributed by atoms with E-state index in [0.29, 0.717) is 5.88 Å². The fraction of sp³-hybridized carbons (Fsp3) is 0.571. The molecule has 0 radical (unpaired) electrons. The normalized spacial score (nSPS) is 15.3. The maximum atomic E-state index is 12.2. The van der Waals surface area contributed by atoms with E-state index in [0.717, 1.165) is 22.9 Å². The third kappa shape index (κ3) is 6.05. The van der Waals surface area contributed by atoms with Crippen molar-refractivity contribution in [2.24, 2.45) is 0 Å². The van der Waals surface area contributed by atoms with Gasteiger partial charge in [0.25, 0.3) is 0 Å². The highest BCUT2D eigenvalue weighted by atomic mass is 79.9. The number of alkyl halides is 1. The maximum Gasteiger partial charge on any atom is 0.136 e. The van der Waals surface area contributed by atoms with Gasteiger partial charge in [-0.05, 0) is 51.3 Å². The molecule has 1 aromatic rings. The number of rotatable bonds is 6. The van der Waals surface area contributed by atoms with Gasteiger partial charge in [-0.3, -0.25) is 0 Å². The van der Waals surface area contributed by atoms with Crippen molar-refractivity contribution in [1.29, 1.82) is 0 Å². The average Bonchev–Trinajstić information content (AvgIpc) is 2.34. The predicted octanol–water partition coefficient (Wildman–Crippen LogP) is 4.56. The third-order valence-corrected chi connectivity index (χ3v) is 5.11. The lowest BCUT2D eigenvalue weighted by atomic mass is 10.0. The lowest BCUT2D eigenvalue weighted by molar-refractivity contribution is 0.510. The largest absolute Gasteiger partial charge is 0.598 e. The van der Waals surface area contributed by atoms with Gasteiger partial charge in [0, 0.05) is 21.7 Å². The Hall–Kier alpha value is 0.260. The molecule has 0 heterocycles. The van der Waals surface area contributed by atoms with Crippen molar-refractivity contribution in [2.75, 3.05) is 5.88 Å². The molecule has 0 fully saturated rings. The Labute approximate surface area is 132 Å². The molecule has 2 atom stereocenters. The Morgan fingerprint density at radius 1 is 1.32 bits per heavy atom. The summed E-state index contributed by atoms with van der Waals surface area (Å²) in [6, 6.07) is 8.19. The average molecular weight is 367 g/mol. The molecule has 0 spiro atoms. The SMILES string of the molecule is CC(C)(C)[S@+]([O-])N[C@H](CCCCl)c1ccc(Br)cc1. The molecule has 2 nitrogen and oxygen atoms in total. The molecule has 0 amide bonds. The van der Waals surface area contributed by atoms with Crippen LogP contribution < -0.4 is 4.72 Å². The second kappa shape index (κ2) is 7.89. The monoisotopic (exact) mass is 365 g/mol. The summed E-state index contributed by atoms with van der Waals surface area (Å²) in [5.74, 6) is 0.622. The van der Waals surface area contributed by atoms with Crippen molar-refractivity contribution in [3.05, 3.63) is 34.3 Å². The van der Waals surface area contributed by atoms with E-state index in [9.17, 15) is 4.55 Å². The number of benzene rings is 1. The summed E-state index contributed by atoms with van der Waals surface area (Å²) in [6.45, 7) is 5.91. The predicted molar refractivity (Wildman–Crippen MR) is 87.9 cm³/mol. The summed E-state index contributed by atoms with van der Waals surface area (Å²) in [6.07, 6.45) is 1.78. The lowest BCUT2D eigenvalue weighted by Crippen LogP contribution is -2.41. The van der Waals surface area contributed by atoms with E-state index in [4.69, 9.17) is 11.6 Å². The number of nitrogens with one attached hydrogen (secondary N) is 1. The Balaban J connectivity index is 2.79. The van der Waals surface area contributed by atoms with E-state index in [2.05, 4.69) is 32.8 Å². The summed E-state index contributed by atoms with van der Waals surface area (Å²) in [5, 5.41) is 0. The van der Waals surface area contributed by atoms with Crippen LogP contribution in [0, 0.1) is 0 Å².